The van der Waals surface area contributed by atoms with E-state index in [9.17, 15) is 13.2 Å². The monoisotopic (exact) mass is 406 g/mol. The summed E-state index contributed by atoms with van der Waals surface area (Å²) in [6, 6.07) is 10.0. The number of rotatable bonds is 6. The number of benzene rings is 1. The molecule has 2 aromatic heterocycles. The number of nitrogens with one attached hydrogen (secondary N) is 1. The Bertz CT molecular complexity index is 1060. The second-order valence-electron chi connectivity index (χ2n) is 5.90. The fraction of sp³-hybridized carbons (Fsp3) is 0.222. The lowest BCUT2D eigenvalue weighted by Crippen LogP contribution is -2.11. The summed E-state index contributed by atoms with van der Waals surface area (Å²) in [7, 11) is -3.74. The highest BCUT2D eigenvalue weighted by Gasteiger charge is 2.21. The van der Waals surface area contributed by atoms with Crippen LogP contribution in [0.15, 0.2) is 45.1 Å². The van der Waals surface area contributed by atoms with Gasteiger partial charge in [-0.05, 0) is 56.2 Å². The Kier molecular flexibility index (Phi) is 5.33. The number of ether oxygens (including phenoxy) is 1. The molecule has 0 saturated heterocycles. The van der Waals surface area contributed by atoms with Crippen molar-refractivity contribution in [2.45, 2.75) is 25.0 Å². The lowest BCUT2D eigenvalue weighted by Gasteiger charge is -2.08. The van der Waals surface area contributed by atoms with Gasteiger partial charge in [0.1, 0.15) is 4.21 Å². The van der Waals surface area contributed by atoms with Gasteiger partial charge >= 0.3 is 5.97 Å². The maximum absolute atomic E-state index is 12.6. The lowest BCUT2D eigenvalue weighted by atomic mass is 10.1. The van der Waals surface area contributed by atoms with E-state index >= 15 is 0 Å². The second kappa shape index (κ2) is 7.53. The van der Waals surface area contributed by atoms with Crippen LogP contribution in [0.1, 0.15) is 28.5 Å². The average molecular weight is 406 g/mol. The Hall–Kier alpha value is -2.65. The minimum Gasteiger partial charge on any atom is -0.461 e. The molecule has 27 heavy (non-hydrogen) atoms. The van der Waals surface area contributed by atoms with Crippen LogP contribution in [0.4, 0.5) is 5.69 Å². The van der Waals surface area contributed by atoms with Crippen LogP contribution >= 0.6 is 11.3 Å². The minimum atomic E-state index is -3.74. The summed E-state index contributed by atoms with van der Waals surface area (Å²) in [6.07, 6.45) is 0. The van der Waals surface area contributed by atoms with E-state index in [1.54, 1.807) is 25.1 Å². The van der Waals surface area contributed by atoms with Crippen molar-refractivity contribution in [3.8, 4) is 10.6 Å². The molecule has 0 unspecified atom stereocenters. The van der Waals surface area contributed by atoms with Crippen molar-refractivity contribution < 1.29 is 22.5 Å². The summed E-state index contributed by atoms with van der Waals surface area (Å²) in [6.45, 7) is 5.72. The van der Waals surface area contributed by atoms with Crippen molar-refractivity contribution in [2.24, 2.45) is 0 Å². The van der Waals surface area contributed by atoms with Gasteiger partial charge in [-0.25, -0.2) is 13.2 Å². The van der Waals surface area contributed by atoms with Gasteiger partial charge in [-0.3, -0.25) is 4.72 Å². The molecule has 0 aliphatic heterocycles. The normalized spacial score (nSPS) is 11.4. The SMILES string of the molecule is CCOC(=O)c1cc(-c2ccc(S(=O)(=O)Nc3cc(C)cc(C)c3)s2)on1. The molecular formula is C18H18N2O5S2. The van der Waals surface area contributed by atoms with Crippen LogP contribution in [-0.4, -0.2) is 26.2 Å². The zero-order valence-electron chi connectivity index (χ0n) is 15.0. The Morgan fingerprint density at radius 3 is 2.56 bits per heavy atom. The number of aryl methyl sites for hydroxylation is 2. The summed E-state index contributed by atoms with van der Waals surface area (Å²) in [5.74, 6) is -0.288. The fourth-order valence-corrected chi connectivity index (χ4v) is 4.82. The van der Waals surface area contributed by atoms with Crippen molar-refractivity contribution in [3.63, 3.8) is 0 Å². The van der Waals surface area contributed by atoms with E-state index in [0.29, 0.717) is 16.3 Å². The number of carbonyl (C=O) groups excluding carboxylic acids is 1. The molecule has 3 aromatic rings. The summed E-state index contributed by atoms with van der Waals surface area (Å²) in [5, 5.41) is 3.66. The highest BCUT2D eigenvalue weighted by Crippen LogP contribution is 2.32. The molecule has 0 bridgehead atoms. The molecule has 1 aromatic carbocycles. The predicted molar refractivity (Wildman–Crippen MR) is 102 cm³/mol. The van der Waals surface area contributed by atoms with E-state index < -0.39 is 16.0 Å². The third kappa shape index (κ3) is 4.37. The topological polar surface area (TPSA) is 98.5 Å². The number of hydrogen-bond donors (Lipinski definition) is 1. The molecule has 142 valence electrons. The molecule has 0 spiro atoms. The summed E-state index contributed by atoms with van der Waals surface area (Å²) < 4.78 is 38.0. The van der Waals surface area contributed by atoms with Crippen LogP contribution in [0, 0.1) is 13.8 Å². The van der Waals surface area contributed by atoms with Crippen molar-refractivity contribution in [2.75, 3.05) is 11.3 Å². The van der Waals surface area contributed by atoms with Crippen LogP contribution in [0.2, 0.25) is 0 Å². The highest BCUT2D eigenvalue weighted by molar-refractivity contribution is 7.94. The molecule has 2 heterocycles. The number of nitrogens with zero attached hydrogens (tertiary/aromatic N) is 1. The van der Waals surface area contributed by atoms with Gasteiger partial charge < -0.3 is 9.26 Å². The Balaban J connectivity index is 1.83. The van der Waals surface area contributed by atoms with E-state index in [-0.39, 0.29) is 16.5 Å². The smallest absolute Gasteiger partial charge is 0.360 e. The minimum absolute atomic E-state index is 0.0398. The van der Waals surface area contributed by atoms with Crippen LogP contribution in [0.5, 0.6) is 0 Å². The number of aromatic nitrogens is 1. The van der Waals surface area contributed by atoms with E-state index in [4.69, 9.17) is 9.26 Å². The van der Waals surface area contributed by atoms with E-state index in [2.05, 4.69) is 9.88 Å². The van der Waals surface area contributed by atoms with E-state index in [1.807, 2.05) is 19.9 Å². The zero-order valence-corrected chi connectivity index (χ0v) is 16.6. The van der Waals surface area contributed by atoms with Crippen molar-refractivity contribution in [1.29, 1.82) is 0 Å². The van der Waals surface area contributed by atoms with E-state index in [1.165, 1.54) is 12.1 Å². The first-order valence-electron chi connectivity index (χ1n) is 8.13. The Morgan fingerprint density at radius 1 is 1.19 bits per heavy atom. The van der Waals surface area contributed by atoms with Crippen LogP contribution in [0.25, 0.3) is 10.6 Å². The quantitative estimate of drug-likeness (QED) is 0.621. The molecule has 0 aliphatic rings. The van der Waals surface area contributed by atoms with Gasteiger partial charge in [0.15, 0.2) is 11.5 Å². The zero-order chi connectivity index (χ0) is 19.6. The number of thiophene rings is 1. The molecule has 0 aliphatic carbocycles. The number of sulfonamides is 1. The van der Waals surface area contributed by atoms with Gasteiger partial charge in [0, 0.05) is 11.8 Å². The first-order valence-corrected chi connectivity index (χ1v) is 10.4. The first-order chi connectivity index (χ1) is 12.8. The van der Waals surface area contributed by atoms with Gasteiger partial charge in [0.05, 0.1) is 11.5 Å². The number of anilines is 1. The summed E-state index contributed by atoms with van der Waals surface area (Å²) in [4.78, 5) is 12.2. The van der Waals surface area contributed by atoms with Crippen LogP contribution in [0.3, 0.4) is 0 Å². The fourth-order valence-electron chi connectivity index (χ4n) is 2.53. The molecule has 1 N–H and O–H groups in total. The predicted octanol–water partition coefficient (Wildman–Crippen LogP) is 4.00. The standard InChI is InChI=1S/C18H18N2O5S2/c1-4-24-18(21)14-10-15(25-19-14)16-5-6-17(26-16)27(22,23)20-13-8-11(2)7-12(3)9-13/h5-10,20H,4H2,1-3H3. The van der Waals surface area contributed by atoms with Gasteiger partial charge in [0.25, 0.3) is 10.0 Å². The molecule has 0 atom stereocenters. The maximum atomic E-state index is 12.6. The van der Waals surface area contributed by atoms with Crippen LogP contribution in [-0.2, 0) is 14.8 Å². The van der Waals surface area contributed by atoms with Gasteiger partial charge in [-0.15, -0.1) is 11.3 Å². The summed E-state index contributed by atoms with van der Waals surface area (Å²) in [5.41, 5.74) is 2.48. The largest absolute Gasteiger partial charge is 0.461 e. The van der Waals surface area contributed by atoms with Gasteiger partial charge in [-0.1, -0.05) is 11.2 Å². The van der Waals surface area contributed by atoms with E-state index in [0.717, 1.165) is 22.5 Å². The number of esters is 1. The molecule has 0 radical (unpaired) electrons. The maximum Gasteiger partial charge on any atom is 0.360 e. The molecule has 0 fully saturated rings. The van der Waals surface area contributed by atoms with Gasteiger partial charge in [0.2, 0.25) is 0 Å². The van der Waals surface area contributed by atoms with Crippen molar-refractivity contribution >= 4 is 33.0 Å². The van der Waals surface area contributed by atoms with Crippen LogP contribution < -0.4 is 4.72 Å². The second-order valence-corrected chi connectivity index (χ2v) is 8.89. The molecule has 3 rings (SSSR count). The molecular weight excluding hydrogens is 388 g/mol. The Morgan fingerprint density at radius 2 is 1.89 bits per heavy atom. The highest BCUT2D eigenvalue weighted by atomic mass is 32.2. The lowest BCUT2D eigenvalue weighted by molar-refractivity contribution is 0.0514. The van der Waals surface area contributed by atoms with Crippen molar-refractivity contribution in [3.05, 3.63) is 53.2 Å². The third-order valence-corrected chi connectivity index (χ3v) is 6.53. The van der Waals surface area contributed by atoms with Crippen molar-refractivity contribution in [1.82, 2.24) is 5.16 Å². The summed E-state index contributed by atoms with van der Waals surface area (Å²) >= 11 is 1.02. The molecule has 7 nitrogen and oxygen atoms in total. The third-order valence-electron chi connectivity index (χ3n) is 3.56. The van der Waals surface area contributed by atoms with Gasteiger partial charge in [-0.2, -0.15) is 0 Å². The Labute approximate surface area is 161 Å². The number of hydrogen-bond acceptors (Lipinski definition) is 7. The molecule has 0 saturated carbocycles. The average Bonchev–Trinajstić information content (AvgIpc) is 3.23. The molecule has 9 heteroatoms. The first kappa shape index (κ1) is 19.1. The molecule has 0 amide bonds. The number of carbonyl (C=O) groups is 1.